The number of carbonyl (C=O) groups is 1. The molecule has 1 rings (SSSR count). The van der Waals surface area contributed by atoms with Gasteiger partial charge in [-0.3, -0.25) is 4.79 Å². The highest BCUT2D eigenvalue weighted by Crippen LogP contribution is 2.35. The van der Waals surface area contributed by atoms with Gasteiger partial charge in [0.05, 0.1) is 0 Å². The molecule has 1 saturated heterocycles. The summed E-state index contributed by atoms with van der Waals surface area (Å²) in [5.41, 5.74) is -0.626. The lowest BCUT2D eigenvalue weighted by Gasteiger charge is -2.12. The Hall–Kier alpha value is -1.05. The number of carbonyl (C=O) groups excluding carboxylic acids is 1. The molecule has 11 heavy (non-hydrogen) atoms. The van der Waals surface area contributed by atoms with Gasteiger partial charge in [-0.2, -0.15) is 0 Å². The van der Waals surface area contributed by atoms with Crippen LogP contribution in [0.3, 0.4) is 0 Å². The molecule has 0 aromatic carbocycles. The molecule has 1 heterocycles. The largest absolute Gasteiger partial charge is 0.462 e. The van der Waals surface area contributed by atoms with E-state index in [-0.39, 0.29) is 12.1 Å². The quantitative estimate of drug-likeness (QED) is 0.444. The number of ether oxygens (including phenoxy) is 1. The highest BCUT2D eigenvalue weighted by Gasteiger charge is 2.42. The molecule has 60 valence electrons. The van der Waals surface area contributed by atoms with E-state index in [4.69, 9.17) is 4.74 Å². The van der Waals surface area contributed by atoms with Crippen molar-refractivity contribution in [3.05, 3.63) is 25.3 Å². The molecular weight excluding hydrogens is 140 g/mol. The highest BCUT2D eigenvalue weighted by molar-refractivity contribution is 5.83. The monoisotopic (exact) mass is 152 g/mol. The summed E-state index contributed by atoms with van der Waals surface area (Å²) in [6.07, 6.45) is 3.86. The van der Waals surface area contributed by atoms with Gasteiger partial charge >= 0.3 is 5.97 Å². The summed E-state index contributed by atoms with van der Waals surface area (Å²) in [5, 5.41) is 0. The molecule has 1 aliphatic rings. The van der Waals surface area contributed by atoms with E-state index in [2.05, 4.69) is 13.2 Å². The lowest BCUT2D eigenvalue weighted by Crippen LogP contribution is -2.19. The smallest absolute Gasteiger partial charge is 0.320 e. The van der Waals surface area contributed by atoms with Crippen LogP contribution >= 0.6 is 0 Å². The molecule has 0 aliphatic carbocycles. The topological polar surface area (TPSA) is 26.3 Å². The Morgan fingerprint density at radius 2 is 2.18 bits per heavy atom. The molecule has 0 aromatic heterocycles. The van der Waals surface area contributed by atoms with Gasteiger partial charge in [-0.25, -0.2) is 0 Å². The van der Waals surface area contributed by atoms with Gasteiger partial charge in [-0.15, -0.1) is 13.2 Å². The fourth-order valence-electron chi connectivity index (χ4n) is 1.31. The van der Waals surface area contributed by atoms with E-state index in [1.165, 1.54) is 0 Å². The SMILES string of the molecule is C=CC1(C=C)CC(C)OC1=O. The third-order valence-electron chi connectivity index (χ3n) is 2.04. The Bertz CT molecular complexity index is 198. The van der Waals surface area contributed by atoms with Crippen molar-refractivity contribution in [3.8, 4) is 0 Å². The summed E-state index contributed by atoms with van der Waals surface area (Å²) < 4.78 is 4.98. The number of esters is 1. The minimum Gasteiger partial charge on any atom is -0.462 e. The molecule has 0 amide bonds. The average molecular weight is 152 g/mol. The second-order valence-corrected chi connectivity index (χ2v) is 2.87. The molecule has 2 heteroatoms. The van der Waals surface area contributed by atoms with E-state index in [0.29, 0.717) is 6.42 Å². The molecule has 1 aliphatic heterocycles. The molecule has 2 nitrogen and oxygen atoms in total. The molecule has 1 unspecified atom stereocenters. The van der Waals surface area contributed by atoms with Crippen LogP contribution in [0, 0.1) is 5.41 Å². The number of cyclic esters (lactones) is 1. The van der Waals surface area contributed by atoms with E-state index in [9.17, 15) is 4.79 Å². The lowest BCUT2D eigenvalue weighted by atomic mass is 9.85. The van der Waals surface area contributed by atoms with Crippen LogP contribution < -0.4 is 0 Å². The van der Waals surface area contributed by atoms with Gasteiger partial charge in [0.1, 0.15) is 11.5 Å². The van der Waals surface area contributed by atoms with Gasteiger partial charge in [0.25, 0.3) is 0 Å². The van der Waals surface area contributed by atoms with Crippen molar-refractivity contribution in [2.75, 3.05) is 0 Å². The minimum atomic E-state index is -0.626. The van der Waals surface area contributed by atoms with Crippen molar-refractivity contribution in [2.24, 2.45) is 5.41 Å². The first-order valence-electron chi connectivity index (χ1n) is 3.63. The summed E-state index contributed by atoms with van der Waals surface area (Å²) in [4.78, 5) is 11.2. The highest BCUT2D eigenvalue weighted by atomic mass is 16.6. The van der Waals surface area contributed by atoms with Crippen LogP contribution in [0.2, 0.25) is 0 Å². The van der Waals surface area contributed by atoms with E-state index in [0.717, 1.165) is 0 Å². The predicted molar refractivity (Wildman–Crippen MR) is 43.0 cm³/mol. The van der Waals surface area contributed by atoms with Gasteiger partial charge in [0, 0.05) is 6.42 Å². The summed E-state index contributed by atoms with van der Waals surface area (Å²) in [5.74, 6) is -0.227. The summed E-state index contributed by atoms with van der Waals surface area (Å²) >= 11 is 0. The average Bonchev–Trinajstić information content (AvgIpc) is 2.27. The van der Waals surface area contributed by atoms with Crippen LogP contribution in [0.15, 0.2) is 25.3 Å². The third-order valence-corrected chi connectivity index (χ3v) is 2.04. The van der Waals surface area contributed by atoms with Crippen LogP contribution in [-0.2, 0) is 9.53 Å². The van der Waals surface area contributed by atoms with E-state index < -0.39 is 5.41 Å². The fourth-order valence-corrected chi connectivity index (χ4v) is 1.31. The van der Waals surface area contributed by atoms with Crippen molar-refractivity contribution in [1.29, 1.82) is 0 Å². The zero-order chi connectivity index (χ0) is 8.48. The summed E-state index contributed by atoms with van der Waals surface area (Å²) in [6, 6.07) is 0. The summed E-state index contributed by atoms with van der Waals surface area (Å²) in [6.45, 7) is 9.06. The normalized spacial score (nSPS) is 27.7. The van der Waals surface area contributed by atoms with Crippen molar-refractivity contribution in [1.82, 2.24) is 0 Å². The maximum Gasteiger partial charge on any atom is 0.320 e. The Balaban J connectivity index is 2.93. The molecule has 0 spiro atoms. The zero-order valence-electron chi connectivity index (χ0n) is 6.67. The molecule has 0 N–H and O–H groups in total. The van der Waals surface area contributed by atoms with Crippen LogP contribution in [0.5, 0.6) is 0 Å². The molecule has 0 bridgehead atoms. The molecule has 1 atom stereocenters. The van der Waals surface area contributed by atoms with Gasteiger partial charge in [0.15, 0.2) is 0 Å². The van der Waals surface area contributed by atoms with Crippen LogP contribution in [0.25, 0.3) is 0 Å². The van der Waals surface area contributed by atoms with Gasteiger partial charge < -0.3 is 4.74 Å². The standard InChI is InChI=1S/C9H12O2/c1-4-9(5-2)6-7(3)11-8(9)10/h4-5,7H,1-2,6H2,3H3. The van der Waals surface area contributed by atoms with Crippen LogP contribution in [-0.4, -0.2) is 12.1 Å². The maximum atomic E-state index is 11.2. The van der Waals surface area contributed by atoms with Crippen molar-refractivity contribution in [3.63, 3.8) is 0 Å². The van der Waals surface area contributed by atoms with E-state index in [1.807, 2.05) is 6.92 Å². The molecule has 0 radical (unpaired) electrons. The Morgan fingerprint density at radius 3 is 2.36 bits per heavy atom. The predicted octanol–water partition coefficient (Wildman–Crippen LogP) is 1.68. The van der Waals surface area contributed by atoms with Crippen molar-refractivity contribution < 1.29 is 9.53 Å². The molecule has 0 aromatic rings. The fraction of sp³-hybridized carbons (Fsp3) is 0.444. The van der Waals surface area contributed by atoms with Gasteiger partial charge in [-0.1, -0.05) is 12.2 Å². The number of rotatable bonds is 2. The van der Waals surface area contributed by atoms with E-state index in [1.54, 1.807) is 12.2 Å². The molecular formula is C9H12O2. The molecule has 0 saturated carbocycles. The van der Waals surface area contributed by atoms with Crippen molar-refractivity contribution in [2.45, 2.75) is 19.4 Å². The zero-order valence-corrected chi connectivity index (χ0v) is 6.67. The first-order valence-corrected chi connectivity index (χ1v) is 3.63. The Kier molecular flexibility index (Phi) is 1.85. The first-order chi connectivity index (χ1) is 5.14. The van der Waals surface area contributed by atoms with Gasteiger partial charge in [0.2, 0.25) is 0 Å². The van der Waals surface area contributed by atoms with Crippen LogP contribution in [0.1, 0.15) is 13.3 Å². The second-order valence-electron chi connectivity index (χ2n) is 2.87. The van der Waals surface area contributed by atoms with Crippen LogP contribution in [0.4, 0.5) is 0 Å². The maximum absolute atomic E-state index is 11.2. The Labute approximate surface area is 66.5 Å². The lowest BCUT2D eigenvalue weighted by molar-refractivity contribution is -0.144. The minimum absolute atomic E-state index is 0.0153. The second kappa shape index (κ2) is 2.53. The van der Waals surface area contributed by atoms with Gasteiger partial charge in [-0.05, 0) is 6.92 Å². The summed E-state index contributed by atoms with van der Waals surface area (Å²) in [7, 11) is 0. The number of hydrogen-bond acceptors (Lipinski definition) is 2. The van der Waals surface area contributed by atoms with E-state index >= 15 is 0 Å². The third kappa shape index (κ3) is 1.09. The number of hydrogen-bond donors (Lipinski definition) is 0. The molecule has 1 fully saturated rings. The Morgan fingerprint density at radius 1 is 1.64 bits per heavy atom. The van der Waals surface area contributed by atoms with Crippen molar-refractivity contribution >= 4 is 5.97 Å². The first kappa shape index (κ1) is 8.05.